The number of hydrogen-bond acceptors (Lipinski definition) is 5. The SMILES string of the molecule is C[C@H](N)[C@@H]1CCCN(C(=O)CSCc2coc(-c3ccccc3)n2)C1. The molecule has 25 heavy (non-hydrogen) atoms. The van der Waals surface area contributed by atoms with Crippen LogP contribution in [0.25, 0.3) is 11.5 Å². The summed E-state index contributed by atoms with van der Waals surface area (Å²) in [7, 11) is 0. The molecule has 0 aliphatic carbocycles. The monoisotopic (exact) mass is 359 g/mol. The molecule has 0 radical (unpaired) electrons. The molecule has 5 nitrogen and oxygen atoms in total. The highest BCUT2D eigenvalue weighted by Gasteiger charge is 2.25. The summed E-state index contributed by atoms with van der Waals surface area (Å²) in [6.07, 6.45) is 3.84. The van der Waals surface area contributed by atoms with Crippen LogP contribution in [0.2, 0.25) is 0 Å². The predicted molar refractivity (Wildman–Crippen MR) is 101 cm³/mol. The lowest BCUT2D eigenvalue weighted by Gasteiger charge is -2.34. The number of nitrogens with zero attached hydrogens (tertiary/aromatic N) is 2. The van der Waals surface area contributed by atoms with E-state index >= 15 is 0 Å². The van der Waals surface area contributed by atoms with Crippen molar-refractivity contribution in [2.75, 3.05) is 18.8 Å². The molecule has 134 valence electrons. The van der Waals surface area contributed by atoms with Gasteiger partial charge in [0.25, 0.3) is 0 Å². The van der Waals surface area contributed by atoms with E-state index in [1.54, 1.807) is 18.0 Å². The molecule has 2 atom stereocenters. The average molecular weight is 359 g/mol. The summed E-state index contributed by atoms with van der Waals surface area (Å²) in [5.41, 5.74) is 7.82. The first-order valence-corrected chi connectivity index (χ1v) is 9.90. The van der Waals surface area contributed by atoms with Gasteiger partial charge in [0.15, 0.2) is 0 Å². The number of oxazole rings is 1. The summed E-state index contributed by atoms with van der Waals surface area (Å²) >= 11 is 1.58. The van der Waals surface area contributed by atoms with Crippen molar-refractivity contribution in [3.63, 3.8) is 0 Å². The molecular weight excluding hydrogens is 334 g/mol. The minimum Gasteiger partial charge on any atom is -0.444 e. The molecule has 1 amide bonds. The van der Waals surface area contributed by atoms with Gasteiger partial charge in [-0.2, -0.15) is 0 Å². The summed E-state index contributed by atoms with van der Waals surface area (Å²) in [6, 6.07) is 9.97. The molecule has 0 spiro atoms. The molecule has 6 heteroatoms. The molecule has 2 heterocycles. The summed E-state index contributed by atoms with van der Waals surface area (Å²) < 4.78 is 5.53. The van der Waals surface area contributed by atoms with E-state index in [0.717, 1.165) is 37.2 Å². The van der Waals surface area contributed by atoms with Crippen molar-refractivity contribution < 1.29 is 9.21 Å². The number of nitrogens with two attached hydrogens (primary N) is 1. The topological polar surface area (TPSA) is 72.4 Å². The van der Waals surface area contributed by atoms with Crippen LogP contribution in [-0.2, 0) is 10.5 Å². The van der Waals surface area contributed by atoms with Crippen LogP contribution in [0.5, 0.6) is 0 Å². The number of thioether (sulfide) groups is 1. The second-order valence-corrected chi connectivity index (χ2v) is 7.59. The first-order valence-electron chi connectivity index (χ1n) is 8.74. The van der Waals surface area contributed by atoms with Crippen LogP contribution >= 0.6 is 11.8 Å². The van der Waals surface area contributed by atoms with Crippen molar-refractivity contribution >= 4 is 17.7 Å². The van der Waals surface area contributed by atoms with E-state index in [0.29, 0.717) is 23.3 Å². The van der Waals surface area contributed by atoms with Crippen molar-refractivity contribution in [3.8, 4) is 11.5 Å². The Morgan fingerprint density at radius 1 is 1.44 bits per heavy atom. The Bertz CT molecular complexity index is 687. The summed E-state index contributed by atoms with van der Waals surface area (Å²) in [4.78, 5) is 18.9. The van der Waals surface area contributed by atoms with E-state index < -0.39 is 0 Å². The van der Waals surface area contributed by atoms with Gasteiger partial charge in [-0.25, -0.2) is 4.98 Å². The minimum atomic E-state index is 0.148. The molecule has 1 aliphatic rings. The fraction of sp³-hybridized carbons (Fsp3) is 0.474. The van der Waals surface area contributed by atoms with E-state index in [9.17, 15) is 4.79 Å². The largest absolute Gasteiger partial charge is 0.444 e. The van der Waals surface area contributed by atoms with Gasteiger partial charge >= 0.3 is 0 Å². The smallest absolute Gasteiger partial charge is 0.232 e. The lowest BCUT2D eigenvalue weighted by Crippen LogP contribution is -2.45. The third kappa shape index (κ3) is 4.86. The highest BCUT2D eigenvalue weighted by molar-refractivity contribution is 7.99. The van der Waals surface area contributed by atoms with Gasteiger partial charge in [0.2, 0.25) is 11.8 Å². The molecule has 1 saturated heterocycles. The number of benzene rings is 1. The number of rotatable bonds is 6. The molecule has 2 N–H and O–H groups in total. The molecule has 1 aromatic carbocycles. The number of carbonyl (C=O) groups excluding carboxylic acids is 1. The van der Waals surface area contributed by atoms with Crippen LogP contribution in [0.4, 0.5) is 0 Å². The highest BCUT2D eigenvalue weighted by Crippen LogP contribution is 2.22. The van der Waals surface area contributed by atoms with E-state index in [-0.39, 0.29) is 11.9 Å². The quantitative estimate of drug-likeness (QED) is 0.858. The Morgan fingerprint density at radius 2 is 2.24 bits per heavy atom. The van der Waals surface area contributed by atoms with Gasteiger partial charge in [-0.05, 0) is 37.8 Å². The molecule has 0 unspecified atom stereocenters. The Labute approximate surface area is 153 Å². The van der Waals surface area contributed by atoms with Crippen molar-refractivity contribution in [1.29, 1.82) is 0 Å². The molecule has 1 aliphatic heterocycles. The fourth-order valence-corrected chi connectivity index (χ4v) is 3.89. The van der Waals surface area contributed by atoms with E-state index in [2.05, 4.69) is 4.98 Å². The zero-order chi connectivity index (χ0) is 17.6. The normalized spacial score (nSPS) is 19.0. The zero-order valence-corrected chi connectivity index (χ0v) is 15.4. The Hall–Kier alpha value is -1.79. The third-order valence-corrected chi connectivity index (χ3v) is 5.55. The van der Waals surface area contributed by atoms with Crippen LogP contribution in [-0.4, -0.2) is 40.7 Å². The molecule has 0 saturated carbocycles. The number of piperidine rings is 1. The maximum atomic E-state index is 12.4. The molecule has 1 aromatic heterocycles. The molecule has 2 aromatic rings. The number of likely N-dealkylation sites (tertiary alicyclic amines) is 1. The number of hydrogen-bond donors (Lipinski definition) is 1. The summed E-state index contributed by atoms with van der Waals surface area (Å²) in [5.74, 6) is 2.39. The zero-order valence-electron chi connectivity index (χ0n) is 14.6. The lowest BCUT2D eigenvalue weighted by atomic mass is 9.92. The van der Waals surface area contributed by atoms with Crippen LogP contribution < -0.4 is 5.73 Å². The first kappa shape index (κ1) is 18.0. The van der Waals surface area contributed by atoms with Crippen molar-refractivity contribution in [2.45, 2.75) is 31.6 Å². The fourth-order valence-electron chi connectivity index (χ4n) is 3.09. The number of amides is 1. The average Bonchev–Trinajstić information content (AvgIpc) is 3.11. The predicted octanol–water partition coefficient (Wildman–Crippen LogP) is 3.16. The number of carbonyl (C=O) groups is 1. The Balaban J connectivity index is 1.47. The Morgan fingerprint density at radius 3 is 3.00 bits per heavy atom. The van der Waals surface area contributed by atoms with Crippen LogP contribution in [0, 0.1) is 5.92 Å². The minimum absolute atomic E-state index is 0.148. The highest BCUT2D eigenvalue weighted by atomic mass is 32.2. The van der Waals surface area contributed by atoms with Gasteiger partial charge in [-0.15, -0.1) is 11.8 Å². The van der Waals surface area contributed by atoms with Gasteiger partial charge < -0.3 is 15.1 Å². The van der Waals surface area contributed by atoms with E-state index in [1.165, 1.54) is 0 Å². The van der Waals surface area contributed by atoms with E-state index in [1.807, 2.05) is 42.2 Å². The second kappa shape index (κ2) is 8.54. The molecule has 3 rings (SSSR count). The maximum absolute atomic E-state index is 12.4. The standard InChI is InChI=1S/C19H25N3O2S/c1-14(20)16-8-5-9-22(10-16)18(23)13-25-12-17-11-24-19(21-17)15-6-3-2-4-7-15/h2-4,6-7,11,14,16H,5,8-10,12-13,20H2,1H3/t14-,16+/m0/s1. The lowest BCUT2D eigenvalue weighted by molar-refractivity contribution is -0.130. The van der Waals surface area contributed by atoms with Crippen LogP contribution in [0.15, 0.2) is 41.0 Å². The van der Waals surface area contributed by atoms with Gasteiger partial charge in [0.05, 0.1) is 11.4 Å². The maximum Gasteiger partial charge on any atom is 0.232 e. The summed E-state index contributed by atoms with van der Waals surface area (Å²) in [5, 5.41) is 0. The van der Waals surface area contributed by atoms with Gasteiger partial charge in [-0.3, -0.25) is 4.79 Å². The van der Waals surface area contributed by atoms with Gasteiger partial charge in [0.1, 0.15) is 6.26 Å². The second-order valence-electron chi connectivity index (χ2n) is 6.60. The number of aromatic nitrogens is 1. The molecule has 1 fully saturated rings. The van der Waals surface area contributed by atoms with Crippen LogP contribution in [0.3, 0.4) is 0 Å². The third-order valence-electron chi connectivity index (χ3n) is 4.60. The van der Waals surface area contributed by atoms with Crippen molar-refractivity contribution in [3.05, 3.63) is 42.3 Å². The molecular formula is C19H25N3O2S. The van der Waals surface area contributed by atoms with Crippen LogP contribution in [0.1, 0.15) is 25.5 Å². The van der Waals surface area contributed by atoms with Crippen molar-refractivity contribution in [2.24, 2.45) is 11.7 Å². The van der Waals surface area contributed by atoms with E-state index in [4.69, 9.17) is 10.2 Å². The Kier molecular flexibility index (Phi) is 6.15. The van der Waals surface area contributed by atoms with Crippen molar-refractivity contribution in [1.82, 2.24) is 9.88 Å². The first-order chi connectivity index (χ1) is 12.1. The van der Waals surface area contributed by atoms with Gasteiger partial charge in [-0.1, -0.05) is 18.2 Å². The summed E-state index contributed by atoms with van der Waals surface area (Å²) in [6.45, 7) is 3.67. The molecule has 0 bridgehead atoms. The van der Waals surface area contributed by atoms with Gasteiger partial charge in [0, 0.05) is 30.4 Å².